The second-order valence-electron chi connectivity index (χ2n) is 14.4. The van der Waals surface area contributed by atoms with Crippen molar-refractivity contribution >= 4 is 71.3 Å². The molecule has 0 saturated heterocycles. The molecule has 11 rings (SSSR count). The fraction of sp³-hybridized carbons (Fsp3) is 0. The van der Waals surface area contributed by atoms with Crippen LogP contribution in [0.15, 0.2) is 217 Å². The third kappa shape index (κ3) is 5.26. The number of hydrogen-bond acceptors (Lipinski definition) is 2. The number of benzene rings is 10. The van der Waals surface area contributed by atoms with Gasteiger partial charge >= 0.3 is 0 Å². The maximum absolute atomic E-state index is 6.87. The van der Waals surface area contributed by atoms with Gasteiger partial charge in [-0.1, -0.05) is 182 Å². The molecule has 0 unspecified atom stereocenters. The molecule has 0 N–H and O–H groups in total. The van der Waals surface area contributed by atoms with Crippen LogP contribution in [-0.2, 0) is 0 Å². The summed E-state index contributed by atoms with van der Waals surface area (Å²) in [7, 11) is 0. The Morgan fingerprint density at radius 3 is 1.54 bits per heavy atom. The number of anilines is 3. The molecule has 2 heteroatoms. The first kappa shape index (κ1) is 32.0. The predicted octanol–water partition coefficient (Wildman–Crippen LogP) is 15.5. The number of hydrogen-bond donors (Lipinski definition) is 0. The molecule has 0 radical (unpaired) electrons. The van der Waals surface area contributed by atoms with E-state index in [1.54, 1.807) is 0 Å². The topological polar surface area (TPSA) is 16.4 Å². The first-order chi connectivity index (χ1) is 27.8. The highest BCUT2D eigenvalue weighted by Gasteiger charge is 2.22. The van der Waals surface area contributed by atoms with Gasteiger partial charge in [0.05, 0.1) is 11.4 Å². The van der Waals surface area contributed by atoms with Gasteiger partial charge in [-0.2, -0.15) is 0 Å². The van der Waals surface area contributed by atoms with Crippen molar-refractivity contribution in [3.63, 3.8) is 0 Å². The van der Waals surface area contributed by atoms with Crippen LogP contribution in [-0.4, -0.2) is 0 Å². The summed E-state index contributed by atoms with van der Waals surface area (Å²) in [5, 5.41) is 9.45. The summed E-state index contributed by atoms with van der Waals surface area (Å²) in [6.45, 7) is 0. The average Bonchev–Trinajstić information content (AvgIpc) is 3.67. The van der Waals surface area contributed by atoms with E-state index in [0.717, 1.165) is 55.5 Å². The van der Waals surface area contributed by atoms with Crippen LogP contribution in [0.5, 0.6) is 0 Å². The van der Waals surface area contributed by atoms with Gasteiger partial charge in [0.15, 0.2) is 0 Å². The number of para-hydroxylation sites is 2. The van der Waals surface area contributed by atoms with Crippen molar-refractivity contribution in [2.45, 2.75) is 0 Å². The molecular weight excluding hydrogens is 679 g/mol. The molecule has 11 aromatic rings. The van der Waals surface area contributed by atoms with Crippen LogP contribution < -0.4 is 4.90 Å². The SMILES string of the molecule is c1ccc(N(c2ccc(-c3ccc(-c4cccc5ccccc45)cc3)cc2)c2cccc3ccccc23)c(-c2cccc3c2oc2c4ccccc4ccc32)c1. The van der Waals surface area contributed by atoms with E-state index in [9.17, 15) is 0 Å². The van der Waals surface area contributed by atoms with Gasteiger partial charge < -0.3 is 9.32 Å². The lowest BCUT2D eigenvalue weighted by molar-refractivity contribution is 0.674. The molecule has 1 aromatic heterocycles. The zero-order chi connectivity index (χ0) is 37.0. The molecule has 10 aromatic carbocycles. The lowest BCUT2D eigenvalue weighted by atomic mass is 9.96. The quantitative estimate of drug-likeness (QED) is 0.171. The Kier molecular flexibility index (Phi) is 7.53. The summed E-state index contributed by atoms with van der Waals surface area (Å²) in [5.74, 6) is 0. The molecule has 0 saturated carbocycles. The highest BCUT2D eigenvalue weighted by molar-refractivity contribution is 6.18. The van der Waals surface area contributed by atoms with Gasteiger partial charge in [-0.05, 0) is 74.1 Å². The van der Waals surface area contributed by atoms with Crippen LogP contribution in [0.2, 0.25) is 0 Å². The first-order valence-electron chi connectivity index (χ1n) is 19.2. The zero-order valence-electron chi connectivity index (χ0n) is 30.6. The van der Waals surface area contributed by atoms with Crippen molar-refractivity contribution < 1.29 is 4.42 Å². The average molecular weight is 714 g/mol. The van der Waals surface area contributed by atoms with E-state index in [0.29, 0.717) is 0 Å². The minimum absolute atomic E-state index is 0.895. The maximum Gasteiger partial charge on any atom is 0.143 e. The van der Waals surface area contributed by atoms with Crippen LogP contribution in [0.4, 0.5) is 17.1 Å². The van der Waals surface area contributed by atoms with E-state index in [-0.39, 0.29) is 0 Å². The molecular formula is C54H35NO. The number of nitrogens with zero attached hydrogens (tertiary/aromatic N) is 1. The maximum atomic E-state index is 6.87. The van der Waals surface area contributed by atoms with E-state index in [1.165, 1.54) is 49.2 Å². The highest BCUT2D eigenvalue weighted by atomic mass is 16.3. The molecule has 0 atom stereocenters. The molecule has 0 bridgehead atoms. The fourth-order valence-corrected chi connectivity index (χ4v) is 8.57. The third-order valence-electron chi connectivity index (χ3n) is 11.3. The minimum atomic E-state index is 0.895. The van der Waals surface area contributed by atoms with Crippen LogP contribution in [0.25, 0.3) is 87.6 Å². The number of furan rings is 1. The Morgan fingerprint density at radius 1 is 0.268 bits per heavy atom. The van der Waals surface area contributed by atoms with Crippen LogP contribution >= 0.6 is 0 Å². The van der Waals surface area contributed by atoms with E-state index in [1.807, 2.05) is 0 Å². The van der Waals surface area contributed by atoms with E-state index in [2.05, 4.69) is 217 Å². The van der Waals surface area contributed by atoms with Crippen LogP contribution in [0.1, 0.15) is 0 Å². The highest BCUT2D eigenvalue weighted by Crippen LogP contribution is 2.46. The van der Waals surface area contributed by atoms with Crippen molar-refractivity contribution in [1.82, 2.24) is 0 Å². The van der Waals surface area contributed by atoms with Gasteiger partial charge in [-0.3, -0.25) is 0 Å². The van der Waals surface area contributed by atoms with E-state index < -0.39 is 0 Å². The monoisotopic (exact) mass is 713 g/mol. The van der Waals surface area contributed by atoms with Crippen LogP contribution in [0, 0.1) is 0 Å². The van der Waals surface area contributed by atoms with Gasteiger partial charge in [0.25, 0.3) is 0 Å². The van der Waals surface area contributed by atoms with Gasteiger partial charge in [-0.15, -0.1) is 0 Å². The molecule has 0 fully saturated rings. The summed E-state index contributed by atoms with van der Waals surface area (Å²) in [4.78, 5) is 2.40. The molecule has 1 heterocycles. The summed E-state index contributed by atoms with van der Waals surface area (Å²) in [5.41, 5.74) is 12.1. The molecule has 0 aliphatic heterocycles. The largest absolute Gasteiger partial charge is 0.455 e. The zero-order valence-corrected chi connectivity index (χ0v) is 30.6. The van der Waals surface area contributed by atoms with Crippen molar-refractivity contribution in [2.75, 3.05) is 4.90 Å². The van der Waals surface area contributed by atoms with Gasteiger partial charge in [0.1, 0.15) is 11.2 Å². The van der Waals surface area contributed by atoms with E-state index >= 15 is 0 Å². The summed E-state index contributed by atoms with van der Waals surface area (Å²) < 4.78 is 6.87. The molecule has 0 aliphatic carbocycles. The lowest BCUT2D eigenvalue weighted by Crippen LogP contribution is -2.11. The van der Waals surface area contributed by atoms with Crippen molar-refractivity contribution in [1.29, 1.82) is 0 Å². The molecule has 2 nitrogen and oxygen atoms in total. The van der Waals surface area contributed by atoms with Crippen molar-refractivity contribution in [2.24, 2.45) is 0 Å². The summed E-state index contributed by atoms with van der Waals surface area (Å²) in [6, 6.07) is 76.4. The second-order valence-corrected chi connectivity index (χ2v) is 14.4. The van der Waals surface area contributed by atoms with Crippen LogP contribution in [0.3, 0.4) is 0 Å². The summed E-state index contributed by atoms with van der Waals surface area (Å²) in [6.07, 6.45) is 0. The van der Waals surface area contributed by atoms with E-state index in [4.69, 9.17) is 4.42 Å². The van der Waals surface area contributed by atoms with Crippen molar-refractivity contribution in [3.05, 3.63) is 212 Å². The normalized spacial score (nSPS) is 11.6. The van der Waals surface area contributed by atoms with Gasteiger partial charge in [0, 0.05) is 38.4 Å². The second kappa shape index (κ2) is 13.2. The Hall–Kier alpha value is -7.42. The minimum Gasteiger partial charge on any atom is -0.455 e. The van der Waals surface area contributed by atoms with Gasteiger partial charge in [0.2, 0.25) is 0 Å². The van der Waals surface area contributed by atoms with Crippen molar-refractivity contribution in [3.8, 4) is 33.4 Å². The lowest BCUT2D eigenvalue weighted by Gasteiger charge is -2.29. The number of fused-ring (bicyclic) bond motifs is 7. The standard InChI is InChI=1S/C54H35NO/c1-4-17-43-38(12-1)15-9-21-44(43)41-28-26-36(27-29-41)37-30-33-42(34-31-37)55(51-25-10-16-39-13-2-5-18-45(39)51)52-24-8-7-20-47(52)48-22-11-23-49-50-35-32-40-14-3-6-19-46(40)53(50)56-54(48)49/h1-35H. The molecule has 0 amide bonds. The first-order valence-corrected chi connectivity index (χ1v) is 19.2. The Labute approximate surface area is 325 Å². The number of rotatable bonds is 6. The Bertz CT molecular complexity index is 3230. The summed E-state index contributed by atoms with van der Waals surface area (Å²) >= 11 is 0. The third-order valence-corrected chi connectivity index (χ3v) is 11.3. The fourth-order valence-electron chi connectivity index (χ4n) is 8.57. The molecule has 0 aliphatic rings. The Morgan fingerprint density at radius 2 is 0.750 bits per heavy atom. The Balaban J connectivity index is 1.05. The smallest absolute Gasteiger partial charge is 0.143 e. The molecule has 56 heavy (non-hydrogen) atoms. The predicted molar refractivity (Wildman–Crippen MR) is 237 cm³/mol. The molecule has 262 valence electrons. The molecule has 0 spiro atoms. The van der Waals surface area contributed by atoms with Gasteiger partial charge in [-0.25, -0.2) is 0 Å².